The zero-order chi connectivity index (χ0) is 14.4. The summed E-state index contributed by atoms with van der Waals surface area (Å²) in [6.07, 6.45) is 1.83. The van der Waals surface area contributed by atoms with E-state index < -0.39 is 11.8 Å². The van der Waals surface area contributed by atoms with Gasteiger partial charge >= 0.3 is 0 Å². The first-order chi connectivity index (χ1) is 8.99. The van der Waals surface area contributed by atoms with E-state index in [2.05, 4.69) is 19.2 Å². The molecule has 0 aliphatic carbocycles. The van der Waals surface area contributed by atoms with Gasteiger partial charge in [-0.2, -0.15) is 0 Å². The highest BCUT2D eigenvalue weighted by molar-refractivity contribution is 5.95. The first-order valence-corrected chi connectivity index (χ1v) is 6.69. The van der Waals surface area contributed by atoms with Crippen molar-refractivity contribution in [3.63, 3.8) is 0 Å². The maximum atomic E-state index is 11.9. The molecule has 0 aliphatic rings. The standard InChI is InChI=1S/C15H22N2O2/c1-4-11-7-6-8-12(5-2)14(11)17-13(18)9-10(3)15(16)19/h6-8,10H,4-5,9H2,1-3H3,(H2,16,19)(H,17,18). The third kappa shape index (κ3) is 4.09. The summed E-state index contributed by atoms with van der Waals surface area (Å²) >= 11 is 0. The molecular formula is C15H22N2O2. The van der Waals surface area contributed by atoms with Crippen molar-refractivity contribution < 1.29 is 9.59 Å². The number of anilines is 1. The van der Waals surface area contributed by atoms with E-state index in [1.165, 1.54) is 0 Å². The van der Waals surface area contributed by atoms with Crippen molar-refractivity contribution >= 4 is 17.5 Å². The van der Waals surface area contributed by atoms with Gasteiger partial charge < -0.3 is 11.1 Å². The van der Waals surface area contributed by atoms with Crippen LogP contribution < -0.4 is 11.1 Å². The van der Waals surface area contributed by atoms with Crippen LogP contribution in [0.3, 0.4) is 0 Å². The van der Waals surface area contributed by atoms with Crippen molar-refractivity contribution in [3.8, 4) is 0 Å². The van der Waals surface area contributed by atoms with Crippen molar-refractivity contribution in [2.24, 2.45) is 11.7 Å². The molecule has 1 aromatic rings. The summed E-state index contributed by atoms with van der Waals surface area (Å²) in [7, 11) is 0. The quantitative estimate of drug-likeness (QED) is 0.825. The highest BCUT2D eigenvalue weighted by Crippen LogP contribution is 2.23. The topological polar surface area (TPSA) is 72.2 Å². The summed E-state index contributed by atoms with van der Waals surface area (Å²) in [5.74, 6) is -1.06. The van der Waals surface area contributed by atoms with E-state index in [-0.39, 0.29) is 12.3 Å². The number of benzene rings is 1. The van der Waals surface area contributed by atoms with Gasteiger partial charge in [-0.25, -0.2) is 0 Å². The molecule has 0 spiro atoms. The molecule has 1 rings (SSSR count). The molecule has 104 valence electrons. The number of nitrogens with two attached hydrogens (primary N) is 1. The summed E-state index contributed by atoms with van der Waals surface area (Å²) in [4.78, 5) is 22.9. The summed E-state index contributed by atoms with van der Waals surface area (Å²) in [6, 6.07) is 6.01. The van der Waals surface area contributed by atoms with Gasteiger partial charge in [0.25, 0.3) is 0 Å². The number of amides is 2. The number of rotatable bonds is 6. The van der Waals surface area contributed by atoms with Gasteiger partial charge in [-0.15, -0.1) is 0 Å². The molecule has 0 aliphatic heterocycles. The molecular weight excluding hydrogens is 240 g/mol. The van der Waals surface area contributed by atoms with Gasteiger partial charge in [0.1, 0.15) is 0 Å². The van der Waals surface area contributed by atoms with Crippen LogP contribution >= 0.6 is 0 Å². The van der Waals surface area contributed by atoms with E-state index >= 15 is 0 Å². The fraction of sp³-hybridized carbons (Fsp3) is 0.467. The number of nitrogens with one attached hydrogen (secondary N) is 1. The van der Waals surface area contributed by atoms with Gasteiger partial charge in [0.15, 0.2) is 0 Å². The van der Waals surface area contributed by atoms with E-state index in [1.807, 2.05) is 18.2 Å². The number of carbonyl (C=O) groups is 2. The molecule has 0 radical (unpaired) electrons. The van der Waals surface area contributed by atoms with Gasteiger partial charge in [-0.3, -0.25) is 9.59 Å². The van der Waals surface area contributed by atoms with Gasteiger partial charge in [-0.05, 0) is 24.0 Å². The lowest BCUT2D eigenvalue weighted by atomic mass is 10.0. The second-order valence-corrected chi connectivity index (χ2v) is 4.71. The Morgan fingerprint density at radius 2 is 1.74 bits per heavy atom. The summed E-state index contributed by atoms with van der Waals surface area (Å²) < 4.78 is 0. The Kier molecular flexibility index (Phi) is 5.55. The fourth-order valence-electron chi connectivity index (χ4n) is 1.97. The normalized spacial score (nSPS) is 11.9. The van der Waals surface area contributed by atoms with Crippen LogP contribution in [0.5, 0.6) is 0 Å². The molecule has 3 N–H and O–H groups in total. The molecule has 1 unspecified atom stereocenters. The summed E-state index contributed by atoms with van der Waals surface area (Å²) in [6.45, 7) is 5.77. The van der Waals surface area contributed by atoms with Gasteiger partial charge in [-0.1, -0.05) is 39.0 Å². The second kappa shape index (κ2) is 6.92. The molecule has 0 saturated carbocycles. The van der Waals surface area contributed by atoms with E-state index in [0.29, 0.717) is 0 Å². The fourth-order valence-corrected chi connectivity index (χ4v) is 1.97. The second-order valence-electron chi connectivity index (χ2n) is 4.71. The van der Waals surface area contributed by atoms with Crippen LogP contribution in [-0.4, -0.2) is 11.8 Å². The van der Waals surface area contributed by atoms with Crippen LogP contribution in [0.2, 0.25) is 0 Å². The van der Waals surface area contributed by atoms with Crippen LogP contribution in [0.15, 0.2) is 18.2 Å². The molecule has 0 bridgehead atoms. The Bertz CT molecular complexity index is 447. The average Bonchev–Trinajstić information content (AvgIpc) is 2.38. The molecule has 1 aromatic carbocycles. The Morgan fingerprint density at radius 1 is 1.21 bits per heavy atom. The van der Waals surface area contributed by atoms with E-state index in [0.717, 1.165) is 29.7 Å². The van der Waals surface area contributed by atoms with Gasteiger partial charge in [0.2, 0.25) is 11.8 Å². The van der Waals surface area contributed by atoms with E-state index in [4.69, 9.17) is 5.73 Å². The lowest BCUT2D eigenvalue weighted by Gasteiger charge is -2.15. The Hall–Kier alpha value is -1.84. The Labute approximate surface area is 114 Å². The van der Waals surface area contributed by atoms with E-state index in [9.17, 15) is 9.59 Å². The number of primary amides is 1. The smallest absolute Gasteiger partial charge is 0.225 e. The largest absolute Gasteiger partial charge is 0.369 e. The van der Waals surface area contributed by atoms with Crippen molar-refractivity contribution in [3.05, 3.63) is 29.3 Å². The third-order valence-corrected chi connectivity index (χ3v) is 3.24. The zero-order valence-corrected chi connectivity index (χ0v) is 11.8. The molecule has 4 heteroatoms. The summed E-state index contributed by atoms with van der Waals surface area (Å²) in [5.41, 5.74) is 8.28. The number of aryl methyl sites for hydroxylation is 2. The third-order valence-electron chi connectivity index (χ3n) is 3.24. The van der Waals surface area contributed by atoms with Crippen LogP contribution in [-0.2, 0) is 22.4 Å². The minimum atomic E-state index is -0.449. The van der Waals surface area contributed by atoms with Crippen molar-refractivity contribution in [2.45, 2.75) is 40.0 Å². The molecule has 2 amide bonds. The molecule has 0 aromatic heterocycles. The molecule has 4 nitrogen and oxygen atoms in total. The maximum absolute atomic E-state index is 11.9. The van der Waals surface area contributed by atoms with Crippen molar-refractivity contribution in [1.29, 1.82) is 0 Å². The number of hydrogen-bond donors (Lipinski definition) is 2. The van der Waals surface area contributed by atoms with Crippen LogP contribution in [0.4, 0.5) is 5.69 Å². The number of carbonyl (C=O) groups excluding carboxylic acids is 2. The van der Waals surface area contributed by atoms with E-state index in [1.54, 1.807) is 6.92 Å². The monoisotopic (exact) mass is 262 g/mol. The first kappa shape index (κ1) is 15.2. The van der Waals surface area contributed by atoms with Crippen molar-refractivity contribution in [1.82, 2.24) is 0 Å². The average molecular weight is 262 g/mol. The molecule has 19 heavy (non-hydrogen) atoms. The predicted molar refractivity (Wildman–Crippen MR) is 76.8 cm³/mol. The molecule has 0 heterocycles. The van der Waals surface area contributed by atoms with Gasteiger partial charge in [0.05, 0.1) is 0 Å². The summed E-state index contributed by atoms with van der Waals surface area (Å²) in [5, 5.41) is 2.92. The number of hydrogen-bond acceptors (Lipinski definition) is 2. The SMILES string of the molecule is CCc1cccc(CC)c1NC(=O)CC(C)C(N)=O. The Morgan fingerprint density at radius 3 is 2.16 bits per heavy atom. The zero-order valence-electron chi connectivity index (χ0n) is 11.8. The van der Waals surface area contributed by atoms with Crippen LogP contribution in [0.25, 0.3) is 0 Å². The predicted octanol–water partition coefficient (Wildman–Crippen LogP) is 2.26. The van der Waals surface area contributed by atoms with Crippen LogP contribution in [0.1, 0.15) is 38.3 Å². The lowest BCUT2D eigenvalue weighted by molar-refractivity contribution is -0.125. The van der Waals surface area contributed by atoms with Crippen molar-refractivity contribution in [2.75, 3.05) is 5.32 Å². The molecule has 0 saturated heterocycles. The lowest BCUT2D eigenvalue weighted by Crippen LogP contribution is -2.26. The number of para-hydroxylation sites is 1. The highest BCUT2D eigenvalue weighted by Gasteiger charge is 2.16. The minimum Gasteiger partial charge on any atom is -0.369 e. The molecule has 0 fully saturated rings. The van der Waals surface area contributed by atoms with Crippen LogP contribution in [0, 0.1) is 5.92 Å². The maximum Gasteiger partial charge on any atom is 0.225 e. The molecule has 1 atom stereocenters. The highest BCUT2D eigenvalue weighted by atomic mass is 16.2. The first-order valence-electron chi connectivity index (χ1n) is 6.69. The minimum absolute atomic E-state index is 0.122. The Balaban J connectivity index is 2.86. The van der Waals surface area contributed by atoms with Gasteiger partial charge in [0, 0.05) is 18.0 Å².